The Bertz CT molecular complexity index is 518. The van der Waals surface area contributed by atoms with Gasteiger partial charge < -0.3 is 10.4 Å². The number of nitrogens with one attached hydrogen (secondary N) is 1. The van der Waals surface area contributed by atoms with Gasteiger partial charge in [-0.15, -0.1) is 0 Å². The van der Waals surface area contributed by atoms with Crippen molar-refractivity contribution in [1.29, 1.82) is 0 Å². The molecule has 0 radical (unpaired) electrons. The molecule has 0 amide bonds. The molecule has 6 heteroatoms. The first-order valence-corrected chi connectivity index (χ1v) is 5.71. The number of aryl methyl sites for hydroxylation is 2. The summed E-state index contributed by atoms with van der Waals surface area (Å²) in [5.74, 6) is 0.504. The lowest BCUT2D eigenvalue weighted by Gasteiger charge is -2.22. The van der Waals surface area contributed by atoms with E-state index in [0.717, 1.165) is 11.1 Å². The average Bonchev–Trinajstić information content (AvgIpc) is 2.76. The van der Waals surface area contributed by atoms with Crippen LogP contribution >= 0.6 is 0 Å². The largest absolute Gasteiger partial charge is 0.383 e. The molecule has 0 aliphatic carbocycles. The van der Waals surface area contributed by atoms with Gasteiger partial charge in [0.05, 0.1) is 12.7 Å². The van der Waals surface area contributed by atoms with Crippen molar-refractivity contribution >= 4 is 5.95 Å². The van der Waals surface area contributed by atoms with Crippen LogP contribution in [0.2, 0.25) is 0 Å². The quantitative estimate of drug-likeness (QED) is 0.837. The summed E-state index contributed by atoms with van der Waals surface area (Å²) >= 11 is 0. The Morgan fingerprint density at radius 2 is 2.00 bits per heavy atom. The Balaban J connectivity index is 2.02. The van der Waals surface area contributed by atoms with Gasteiger partial charge in [0, 0.05) is 31.2 Å². The van der Waals surface area contributed by atoms with Gasteiger partial charge in [0.2, 0.25) is 5.95 Å². The fourth-order valence-corrected chi connectivity index (χ4v) is 1.54. The highest BCUT2D eigenvalue weighted by Crippen LogP contribution is 2.19. The Morgan fingerprint density at radius 1 is 1.33 bits per heavy atom. The van der Waals surface area contributed by atoms with E-state index >= 15 is 0 Å². The highest BCUT2D eigenvalue weighted by Gasteiger charge is 2.24. The summed E-state index contributed by atoms with van der Waals surface area (Å²) in [5, 5.41) is 17.4. The third-order valence-electron chi connectivity index (χ3n) is 2.70. The van der Waals surface area contributed by atoms with Crippen molar-refractivity contribution in [3.63, 3.8) is 0 Å². The highest BCUT2D eigenvalue weighted by atomic mass is 16.3. The second kappa shape index (κ2) is 4.73. The van der Waals surface area contributed by atoms with Crippen molar-refractivity contribution in [1.82, 2.24) is 19.7 Å². The van der Waals surface area contributed by atoms with Gasteiger partial charge in [-0.05, 0) is 19.4 Å². The fraction of sp³-hybridized carbons (Fsp3) is 0.417. The number of aliphatic hydroxyl groups is 1. The molecule has 2 heterocycles. The fourth-order valence-electron chi connectivity index (χ4n) is 1.54. The van der Waals surface area contributed by atoms with E-state index in [9.17, 15) is 5.11 Å². The van der Waals surface area contributed by atoms with Crippen molar-refractivity contribution in [3.05, 3.63) is 35.9 Å². The standard InChI is InChI=1S/C12H17N5O/c1-9-4-13-11(14-5-9)15-8-12(2,18)10-6-16-17(3)7-10/h4-7,18H,8H2,1-3H3,(H,13,14,15). The van der Waals surface area contributed by atoms with Crippen molar-refractivity contribution < 1.29 is 5.11 Å². The van der Waals surface area contributed by atoms with Gasteiger partial charge in [0.25, 0.3) is 0 Å². The molecule has 2 aromatic rings. The number of anilines is 1. The summed E-state index contributed by atoms with van der Waals surface area (Å²) in [5.41, 5.74) is 0.742. The summed E-state index contributed by atoms with van der Waals surface area (Å²) in [6, 6.07) is 0. The Morgan fingerprint density at radius 3 is 2.56 bits per heavy atom. The minimum Gasteiger partial charge on any atom is -0.383 e. The van der Waals surface area contributed by atoms with E-state index in [-0.39, 0.29) is 0 Å². The van der Waals surface area contributed by atoms with Crippen LogP contribution < -0.4 is 5.32 Å². The topological polar surface area (TPSA) is 75.9 Å². The minimum atomic E-state index is -1.01. The van der Waals surface area contributed by atoms with E-state index < -0.39 is 5.60 Å². The Hall–Kier alpha value is -1.95. The van der Waals surface area contributed by atoms with Crippen molar-refractivity contribution in [3.8, 4) is 0 Å². The van der Waals surface area contributed by atoms with E-state index in [1.165, 1.54) is 0 Å². The zero-order valence-electron chi connectivity index (χ0n) is 10.8. The van der Waals surface area contributed by atoms with Crippen LogP contribution in [0.5, 0.6) is 0 Å². The highest BCUT2D eigenvalue weighted by molar-refractivity contribution is 5.27. The molecule has 0 bridgehead atoms. The zero-order valence-corrected chi connectivity index (χ0v) is 10.8. The monoisotopic (exact) mass is 247 g/mol. The maximum Gasteiger partial charge on any atom is 0.222 e. The second-order valence-electron chi connectivity index (χ2n) is 4.61. The van der Waals surface area contributed by atoms with E-state index in [1.54, 1.807) is 36.4 Å². The molecule has 0 aliphatic heterocycles. The Labute approximate surface area is 106 Å². The maximum absolute atomic E-state index is 10.3. The van der Waals surface area contributed by atoms with Gasteiger partial charge in [0.15, 0.2) is 0 Å². The average molecular weight is 247 g/mol. The SMILES string of the molecule is Cc1cnc(NCC(C)(O)c2cnn(C)c2)nc1. The summed E-state index contributed by atoms with van der Waals surface area (Å²) in [7, 11) is 1.82. The molecule has 0 saturated heterocycles. The van der Waals surface area contributed by atoms with Gasteiger partial charge in [-0.3, -0.25) is 4.68 Å². The molecule has 0 saturated carbocycles. The predicted octanol–water partition coefficient (Wildman–Crippen LogP) is 0.838. The van der Waals surface area contributed by atoms with Crippen LogP contribution in [0.3, 0.4) is 0 Å². The maximum atomic E-state index is 10.3. The molecule has 0 aliphatic rings. The molecule has 96 valence electrons. The summed E-state index contributed by atoms with van der Waals surface area (Å²) in [6.07, 6.45) is 6.90. The van der Waals surface area contributed by atoms with E-state index in [4.69, 9.17) is 0 Å². The first-order chi connectivity index (χ1) is 8.47. The molecule has 0 aromatic carbocycles. The summed E-state index contributed by atoms with van der Waals surface area (Å²) in [4.78, 5) is 8.25. The smallest absolute Gasteiger partial charge is 0.222 e. The third kappa shape index (κ3) is 2.84. The van der Waals surface area contributed by atoms with Crippen LogP contribution in [-0.2, 0) is 12.6 Å². The van der Waals surface area contributed by atoms with Crippen LogP contribution in [-0.4, -0.2) is 31.4 Å². The van der Waals surface area contributed by atoms with Crippen LogP contribution in [0.25, 0.3) is 0 Å². The third-order valence-corrected chi connectivity index (χ3v) is 2.70. The van der Waals surface area contributed by atoms with Crippen LogP contribution in [0.4, 0.5) is 5.95 Å². The second-order valence-corrected chi connectivity index (χ2v) is 4.61. The van der Waals surface area contributed by atoms with Crippen LogP contribution in [0.1, 0.15) is 18.1 Å². The molecular weight excluding hydrogens is 230 g/mol. The van der Waals surface area contributed by atoms with Crippen molar-refractivity contribution in [2.75, 3.05) is 11.9 Å². The lowest BCUT2D eigenvalue weighted by Crippen LogP contribution is -2.30. The van der Waals surface area contributed by atoms with Gasteiger partial charge in [-0.1, -0.05) is 0 Å². The number of hydrogen-bond acceptors (Lipinski definition) is 5. The lowest BCUT2D eigenvalue weighted by molar-refractivity contribution is 0.0713. The number of hydrogen-bond donors (Lipinski definition) is 2. The number of nitrogens with zero attached hydrogens (tertiary/aromatic N) is 4. The first kappa shape index (κ1) is 12.5. The molecule has 0 spiro atoms. The van der Waals surface area contributed by atoms with Gasteiger partial charge in [0.1, 0.15) is 5.60 Å². The van der Waals surface area contributed by atoms with Crippen molar-refractivity contribution in [2.24, 2.45) is 7.05 Å². The lowest BCUT2D eigenvalue weighted by atomic mass is 10.00. The van der Waals surface area contributed by atoms with Gasteiger partial charge >= 0.3 is 0 Å². The molecule has 1 unspecified atom stereocenters. The molecule has 6 nitrogen and oxygen atoms in total. The molecule has 2 aromatic heterocycles. The minimum absolute atomic E-state index is 0.321. The predicted molar refractivity (Wildman–Crippen MR) is 68.0 cm³/mol. The van der Waals surface area contributed by atoms with Gasteiger partial charge in [-0.2, -0.15) is 5.10 Å². The molecule has 2 N–H and O–H groups in total. The summed E-state index contributed by atoms with van der Waals surface area (Å²) < 4.78 is 1.66. The molecule has 1 atom stereocenters. The van der Waals surface area contributed by atoms with Crippen molar-refractivity contribution in [2.45, 2.75) is 19.4 Å². The first-order valence-electron chi connectivity index (χ1n) is 5.71. The molecular formula is C12H17N5O. The van der Waals surface area contributed by atoms with Crippen LogP contribution in [0.15, 0.2) is 24.8 Å². The van der Waals surface area contributed by atoms with Crippen LogP contribution in [0, 0.1) is 6.92 Å². The normalized spacial score (nSPS) is 14.2. The number of rotatable bonds is 4. The van der Waals surface area contributed by atoms with E-state index in [0.29, 0.717) is 12.5 Å². The van der Waals surface area contributed by atoms with Gasteiger partial charge in [-0.25, -0.2) is 9.97 Å². The van der Waals surface area contributed by atoms with E-state index in [2.05, 4.69) is 20.4 Å². The number of aromatic nitrogens is 4. The Kier molecular flexibility index (Phi) is 3.29. The molecule has 18 heavy (non-hydrogen) atoms. The molecule has 2 rings (SSSR count). The molecule has 0 fully saturated rings. The van der Waals surface area contributed by atoms with E-state index in [1.807, 2.05) is 14.0 Å². The zero-order chi connectivity index (χ0) is 13.2. The summed E-state index contributed by atoms with van der Waals surface area (Å²) in [6.45, 7) is 3.97.